The second-order valence-electron chi connectivity index (χ2n) is 7.01. The number of pyridine rings is 1. The number of nitrogens with zero attached hydrogens (tertiary/aromatic N) is 3. The van der Waals surface area contributed by atoms with Crippen LogP contribution in [0.2, 0.25) is 5.15 Å². The summed E-state index contributed by atoms with van der Waals surface area (Å²) in [6, 6.07) is 5.09. The molecule has 0 aliphatic rings. The van der Waals surface area contributed by atoms with Crippen LogP contribution in [0.1, 0.15) is 44.6 Å². The second-order valence-corrected chi connectivity index (χ2v) is 7.40. The highest BCUT2D eigenvalue weighted by atomic mass is 35.5. The molecular weight excluding hydrogens is 384 g/mol. The third kappa shape index (κ3) is 6.53. The van der Waals surface area contributed by atoms with Gasteiger partial charge in [-0.3, -0.25) is 4.68 Å². The highest BCUT2D eigenvalue weighted by Gasteiger charge is 2.18. The van der Waals surface area contributed by atoms with Gasteiger partial charge in [0.2, 0.25) is 0 Å². The fraction of sp³-hybridized carbons (Fsp3) is 0.474. The van der Waals surface area contributed by atoms with E-state index in [0.717, 1.165) is 5.56 Å². The molecule has 2 aromatic heterocycles. The average Bonchev–Trinajstić information content (AvgIpc) is 3.02. The Morgan fingerprint density at radius 3 is 2.68 bits per heavy atom. The minimum atomic E-state index is -0.552. The summed E-state index contributed by atoms with van der Waals surface area (Å²) >= 11 is 5.94. The summed E-state index contributed by atoms with van der Waals surface area (Å²) in [5.41, 5.74) is 1.12. The Balaban J connectivity index is 2.07. The van der Waals surface area contributed by atoms with Crippen LogP contribution in [0.3, 0.4) is 0 Å². The number of rotatable bonds is 7. The van der Waals surface area contributed by atoms with E-state index in [2.05, 4.69) is 15.4 Å². The highest BCUT2D eigenvalue weighted by Crippen LogP contribution is 2.22. The number of alkyl carbamates (subject to hydrolysis) is 1. The Morgan fingerprint density at radius 2 is 2.04 bits per heavy atom. The fourth-order valence-corrected chi connectivity index (χ4v) is 2.57. The second kappa shape index (κ2) is 9.54. The van der Waals surface area contributed by atoms with Crippen molar-refractivity contribution in [3.63, 3.8) is 0 Å². The first-order valence-corrected chi connectivity index (χ1v) is 9.41. The van der Waals surface area contributed by atoms with Gasteiger partial charge < -0.3 is 14.8 Å². The van der Waals surface area contributed by atoms with E-state index in [9.17, 15) is 9.59 Å². The van der Waals surface area contributed by atoms with Gasteiger partial charge in [0.25, 0.3) is 0 Å². The van der Waals surface area contributed by atoms with Crippen LogP contribution in [0, 0.1) is 0 Å². The summed E-state index contributed by atoms with van der Waals surface area (Å²) in [6.45, 7) is 8.21. The predicted octanol–water partition coefficient (Wildman–Crippen LogP) is 3.69. The monoisotopic (exact) mass is 408 g/mol. The van der Waals surface area contributed by atoms with Crippen molar-refractivity contribution in [2.45, 2.75) is 46.3 Å². The molecule has 0 radical (unpaired) electrons. The number of carbonyl (C=O) groups excluding carboxylic acids is 2. The van der Waals surface area contributed by atoms with E-state index in [1.807, 2.05) is 0 Å². The molecule has 2 aromatic rings. The molecule has 0 aliphatic carbocycles. The molecule has 8 nitrogen and oxygen atoms in total. The number of carbonyl (C=O) groups is 2. The third-order valence-corrected chi connectivity index (χ3v) is 3.71. The molecule has 9 heteroatoms. The SMILES string of the molecule is CCOC(=O)c1cc(-c2ccnc(Cl)c2)nn1CCCNC(=O)OC(C)(C)C. The number of amides is 1. The quantitative estimate of drug-likeness (QED) is 0.426. The van der Waals surface area contributed by atoms with Crippen LogP contribution in [0.4, 0.5) is 4.79 Å². The van der Waals surface area contributed by atoms with Gasteiger partial charge in [-0.2, -0.15) is 5.10 Å². The minimum Gasteiger partial charge on any atom is -0.461 e. The molecule has 2 heterocycles. The van der Waals surface area contributed by atoms with Crippen molar-refractivity contribution in [2.24, 2.45) is 0 Å². The van der Waals surface area contributed by atoms with Crippen molar-refractivity contribution in [1.29, 1.82) is 0 Å². The number of aromatic nitrogens is 3. The van der Waals surface area contributed by atoms with Crippen LogP contribution in [-0.2, 0) is 16.0 Å². The van der Waals surface area contributed by atoms with Crippen LogP contribution in [0.25, 0.3) is 11.3 Å². The molecule has 2 rings (SSSR count). The summed E-state index contributed by atoms with van der Waals surface area (Å²) in [6.07, 6.45) is 1.65. The van der Waals surface area contributed by atoms with Crippen molar-refractivity contribution in [2.75, 3.05) is 13.2 Å². The lowest BCUT2D eigenvalue weighted by atomic mass is 10.2. The van der Waals surface area contributed by atoms with Gasteiger partial charge in [0, 0.05) is 24.8 Å². The van der Waals surface area contributed by atoms with Crippen molar-refractivity contribution in [1.82, 2.24) is 20.1 Å². The van der Waals surface area contributed by atoms with Crippen LogP contribution >= 0.6 is 11.6 Å². The maximum absolute atomic E-state index is 12.3. The highest BCUT2D eigenvalue weighted by molar-refractivity contribution is 6.29. The van der Waals surface area contributed by atoms with E-state index in [-0.39, 0.29) is 6.61 Å². The normalized spacial score (nSPS) is 11.2. The number of esters is 1. The Hall–Kier alpha value is -2.61. The van der Waals surface area contributed by atoms with E-state index < -0.39 is 17.7 Å². The molecule has 1 amide bonds. The van der Waals surface area contributed by atoms with Crippen molar-refractivity contribution in [3.8, 4) is 11.3 Å². The molecule has 0 saturated heterocycles. The lowest BCUT2D eigenvalue weighted by Gasteiger charge is -2.19. The predicted molar refractivity (Wildman–Crippen MR) is 105 cm³/mol. The molecule has 0 aromatic carbocycles. The topological polar surface area (TPSA) is 95.3 Å². The molecule has 1 N–H and O–H groups in total. The molecule has 0 unspecified atom stereocenters. The smallest absolute Gasteiger partial charge is 0.407 e. The molecule has 0 bridgehead atoms. The van der Waals surface area contributed by atoms with Gasteiger partial charge in [-0.15, -0.1) is 0 Å². The van der Waals surface area contributed by atoms with Gasteiger partial charge in [0.15, 0.2) is 0 Å². The first kappa shape index (κ1) is 21.7. The molecule has 0 fully saturated rings. The standard InChI is InChI=1S/C19H25ClN4O4/c1-5-27-17(25)15-12-14(13-7-9-21-16(20)11-13)23-24(15)10-6-8-22-18(26)28-19(2,3)4/h7,9,11-12H,5-6,8,10H2,1-4H3,(H,22,26). The number of halogens is 1. The third-order valence-electron chi connectivity index (χ3n) is 3.50. The zero-order valence-electron chi connectivity index (χ0n) is 16.5. The Kier molecular flexibility index (Phi) is 7.39. The minimum absolute atomic E-state index is 0.265. The summed E-state index contributed by atoms with van der Waals surface area (Å²) in [4.78, 5) is 27.9. The number of ether oxygens (including phenoxy) is 2. The number of aryl methyl sites for hydroxylation is 1. The van der Waals surface area contributed by atoms with E-state index in [0.29, 0.717) is 36.1 Å². The van der Waals surface area contributed by atoms with Crippen LogP contribution in [0.15, 0.2) is 24.4 Å². The van der Waals surface area contributed by atoms with Crippen molar-refractivity contribution < 1.29 is 19.1 Å². The molecule has 0 saturated carbocycles. The molecule has 0 aliphatic heterocycles. The van der Waals surface area contributed by atoms with E-state index >= 15 is 0 Å². The number of hydrogen-bond acceptors (Lipinski definition) is 6. The summed E-state index contributed by atoms with van der Waals surface area (Å²) < 4.78 is 11.9. The van der Waals surface area contributed by atoms with Crippen molar-refractivity contribution in [3.05, 3.63) is 35.2 Å². The van der Waals surface area contributed by atoms with Gasteiger partial charge in [0.05, 0.1) is 12.3 Å². The Morgan fingerprint density at radius 1 is 1.29 bits per heavy atom. The Bertz CT molecular complexity index is 830. The zero-order valence-corrected chi connectivity index (χ0v) is 17.2. The van der Waals surface area contributed by atoms with E-state index in [1.54, 1.807) is 56.8 Å². The van der Waals surface area contributed by atoms with Gasteiger partial charge in [-0.05, 0) is 52.3 Å². The first-order valence-electron chi connectivity index (χ1n) is 9.03. The van der Waals surface area contributed by atoms with Crippen molar-refractivity contribution >= 4 is 23.7 Å². The van der Waals surface area contributed by atoms with Crippen LogP contribution < -0.4 is 5.32 Å². The van der Waals surface area contributed by atoms with Crippen LogP contribution in [-0.4, -0.2) is 45.6 Å². The summed E-state index contributed by atoms with van der Waals surface area (Å²) in [5.74, 6) is -0.457. The molecular formula is C19H25ClN4O4. The van der Waals surface area contributed by atoms with E-state index in [1.165, 1.54) is 0 Å². The number of hydrogen-bond donors (Lipinski definition) is 1. The lowest BCUT2D eigenvalue weighted by Crippen LogP contribution is -2.33. The maximum atomic E-state index is 12.3. The average molecular weight is 409 g/mol. The molecule has 0 spiro atoms. The summed E-state index contributed by atoms with van der Waals surface area (Å²) in [7, 11) is 0. The maximum Gasteiger partial charge on any atom is 0.407 e. The lowest BCUT2D eigenvalue weighted by molar-refractivity contribution is 0.0501. The van der Waals surface area contributed by atoms with Gasteiger partial charge in [-0.25, -0.2) is 14.6 Å². The van der Waals surface area contributed by atoms with E-state index in [4.69, 9.17) is 21.1 Å². The van der Waals surface area contributed by atoms with Gasteiger partial charge in [0.1, 0.15) is 16.4 Å². The zero-order chi connectivity index (χ0) is 20.7. The van der Waals surface area contributed by atoms with Gasteiger partial charge >= 0.3 is 12.1 Å². The molecule has 152 valence electrons. The Labute approximate surface area is 169 Å². The molecule has 0 atom stereocenters. The fourth-order valence-electron chi connectivity index (χ4n) is 2.39. The largest absolute Gasteiger partial charge is 0.461 e. The molecule has 28 heavy (non-hydrogen) atoms. The van der Waals surface area contributed by atoms with Crippen LogP contribution in [0.5, 0.6) is 0 Å². The van der Waals surface area contributed by atoms with Gasteiger partial charge in [-0.1, -0.05) is 11.6 Å². The summed E-state index contributed by atoms with van der Waals surface area (Å²) in [5, 5.41) is 7.51. The number of nitrogens with one attached hydrogen (secondary N) is 1. The first-order chi connectivity index (χ1) is 13.2.